The molecule has 2 nitrogen and oxygen atoms in total. The first kappa shape index (κ1) is 12.4. The highest BCUT2D eigenvalue weighted by molar-refractivity contribution is 4.89. The van der Waals surface area contributed by atoms with Gasteiger partial charge in [-0.3, -0.25) is 0 Å². The van der Waals surface area contributed by atoms with Crippen molar-refractivity contribution in [2.75, 3.05) is 0 Å². The maximum Gasteiger partial charge on any atom is 0.0651 e. The van der Waals surface area contributed by atoms with Gasteiger partial charge in [0.2, 0.25) is 0 Å². The number of aliphatic hydroxyl groups is 2. The van der Waals surface area contributed by atoms with Gasteiger partial charge in [-0.2, -0.15) is 0 Å². The molecular weight excluding hydrogens is 200 g/mol. The van der Waals surface area contributed by atoms with Gasteiger partial charge < -0.3 is 10.2 Å². The van der Waals surface area contributed by atoms with E-state index >= 15 is 0 Å². The first-order chi connectivity index (χ1) is 7.59. The molecule has 94 valence electrons. The predicted molar refractivity (Wildman–Crippen MR) is 65.2 cm³/mol. The third-order valence-electron chi connectivity index (χ3n) is 4.63. The summed E-state index contributed by atoms with van der Waals surface area (Å²) < 4.78 is 0. The molecule has 3 unspecified atom stereocenters. The van der Waals surface area contributed by atoms with Gasteiger partial charge in [0.25, 0.3) is 0 Å². The van der Waals surface area contributed by atoms with Gasteiger partial charge in [-0.15, -0.1) is 0 Å². The van der Waals surface area contributed by atoms with E-state index in [0.29, 0.717) is 5.92 Å². The Hall–Kier alpha value is -0.0800. The van der Waals surface area contributed by atoms with Crippen molar-refractivity contribution in [3.05, 3.63) is 0 Å². The van der Waals surface area contributed by atoms with Crippen LogP contribution in [0.1, 0.15) is 64.7 Å². The highest BCUT2D eigenvalue weighted by Gasteiger charge is 2.36. The maximum absolute atomic E-state index is 10.5. The summed E-state index contributed by atoms with van der Waals surface area (Å²) in [5, 5.41) is 20.5. The molecule has 0 amide bonds. The zero-order chi connectivity index (χ0) is 11.6. The molecule has 2 fully saturated rings. The standard InChI is InChI=1S/C14H26O2/c1-11-5-6-13(15)12(9-11)10-14(16)7-3-2-4-8-14/h11-13,15-16H,2-10H2,1H3. The molecule has 0 heterocycles. The van der Waals surface area contributed by atoms with Gasteiger partial charge in [-0.05, 0) is 50.4 Å². The van der Waals surface area contributed by atoms with Crippen LogP contribution in [0.5, 0.6) is 0 Å². The lowest BCUT2D eigenvalue weighted by atomic mass is 9.71. The van der Waals surface area contributed by atoms with Gasteiger partial charge in [0, 0.05) is 0 Å². The molecule has 2 N–H and O–H groups in total. The summed E-state index contributed by atoms with van der Waals surface area (Å²) >= 11 is 0. The summed E-state index contributed by atoms with van der Waals surface area (Å²) in [6.07, 6.45) is 9.34. The first-order valence-corrected chi connectivity index (χ1v) is 6.99. The Morgan fingerprint density at radius 2 is 1.81 bits per heavy atom. The molecule has 0 aromatic rings. The van der Waals surface area contributed by atoms with Gasteiger partial charge in [-0.25, -0.2) is 0 Å². The van der Waals surface area contributed by atoms with E-state index < -0.39 is 5.60 Å². The lowest BCUT2D eigenvalue weighted by Crippen LogP contribution is -2.39. The Balaban J connectivity index is 1.91. The summed E-state index contributed by atoms with van der Waals surface area (Å²) in [5.74, 6) is 1.06. The average molecular weight is 226 g/mol. The van der Waals surface area contributed by atoms with Crippen molar-refractivity contribution in [3.8, 4) is 0 Å². The van der Waals surface area contributed by atoms with Crippen LogP contribution in [0.4, 0.5) is 0 Å². The van der Waals surface area contributed by atoms with Gasteiger partial charge in [0.05, 0.1) is 11.7 Å². The second-order valence-corrected chi connectivity index (χ2v) is 6.23. The molecule has 0 radical (unpaired) electrons. The van der Waals surface area contributed by atoms with Gasteiger partial charge in [-0.1, -0.05) is 26.2 Å². The van der Waals surface area contributed by atoms with E-state index in [1.807, 2.05) is 0 Å². The highest BCUT2D eigenvalue weighted by atomic mass is 16.3. The summed E-state index contributed by atoms with van der Waals surface area (Å²) in [7, 11) is 0. The van der Waals surface area contributed by atoms with Crippen LogP contribution in [0.3, 0.4) is 0 Å². The van der Waals surface area contributed by atoms with E-state index in [1.54, 1.807) is 0 Å². The second-order valence-electron chi connectivity index (χ2n) is 6.23. The summed E-state index contributed by atoms with van der Waals surface area (Å²) in [4.78, 5) is 0. The molecule has 2 saturated carbocycles. The normalized spacial score (nSPS) is 39.6. The minimum Gasteiger partial charge on any atom is -0.393 e. The first-order valence-electron chi connectivity index (χ1n) is 6.99. The summed E-state index contributed by atoms with van der Waals surface area (Å²) in [6, 6.07) is 0. The Morgan fingerprint density at radius 1 is 1.12 bits per heavy atom. The molecule has 3 atom stereocenters. The second kappa shape index (κ2) is 5.05. The largest absolute Gasteiger partial charge is 0.393 e. The van der Waals surface area contributed by atoms with Crippen molar-refractivity contribution in [1.82, 2.24) is 0 Å². The van der Waals surface area contributed by atoms with Gasteiger partial charge in [0.15, 0.2) is 0 Å². The molecule has 0 aromatic carbocycles. The molecular formula is C14H26O2. The third kappa shape index (κ3) is 2.98. The van der Waals surface area contributed by atoms with Crippen molar-refractivity contribution < 1.29 is 10.2 Å². The third-order valence-corrected chi connectivity index (χ3v) is 4.63. The minimum absolute atomic E-state index is 0.165. The molecule has 2 rings (SSSR count). The minimum atomic E-state index is -0.457. The van der Waals surface area contributed by atoms with Crippen LogP contribution in [0.25, 0.3) is 0 Å². The van der Waals surface area contributed by atoms with E-state index in [2.05, 4.69) is 6.92 Å². The lowest BCUT2D eigenvalue weighted by Gasteiger charge is -2.39. The number of rotatable bonds is 2. The lowest BCUT2D eigenvalue weighted by molar-refractivity contribution is -0.0521. The fourth-order valence-electron chi connectivity index (χ4n) is 3.60. The van der Waals surface area contributed by atoms with Crippen LogP contribution in [-0.4, -0.2) is 21.9 Å². The van der Waals surface area contributed by atoms with Crippen molar-refractivity contribution in [2.24, 2.45) is 11.8 Å². The fourth-order valence-corrected chi connectivity index (χ4v) is 3.60. The monoisotopic (exact) mass is 226 g/mol. The number of aliphatic hydroxyl groups excluding tert-OH is 1. The molecule has 0 bridgehead atoms. The molecule has 0 saturated heterocycles. The Bertz CT molecular complexity index is 221. The Morgan fingerprint density at radius 3 is 2.50 bits per heavy atom. The predicted octanol–water partition coefficient (Wildman–Crippen LogP) is 2.87. The van der Waals surface area contributed by atoms with Crippen LogP contribution < -0.4 is 0 Å². The molecule has 16 heavy (non-hydrogen) atoms. The van der Waals surface area contributed by atoms with Crippen molar-refractivity contribution in [1.29, 1.82) is 0 Å². The quantitative estimate of drug-likeness (QED) is 0.760. The highest BCUT2D eigenvalue weighted by Crippen LogP contribution is 2.39. The average Bonchev–Trinajstić information content (AvgIpc) is 2.24. The Labute approximate surface area is 99.1 Å². The van der Waals surface area contributed by atoms with E-state index in [9.17, 15) is 10.2 Å². The van der Waals surface area contributed by atoms with E-state index in [0.717, 1.165) is 57.3 Å². The molecule has 0 aliphatic heterocycles. The number of hydrogen-bond acceptors (Lipinski definition) is 2. The SMILES string of the molecule is CC1CCC(O)C(CC2(O)CCCCC2)C1. The van der Waals surface area contributed by atoms with Crippen molar-refractivity contribution in [3.63, 3.8) is 0 Å². The van der Waals surface area contributed by atoms with Crippen molar-refractivity contribution in [2.45, 2.75) is 76.4 Å². The molecule has 2 aliphatic carbocycles. The van der Waals surface area contributed by atoms with Gasteiger partial charge >= 0.3 is 0 Å². The van der Waals surface area contributed by atoms with Gasteiger partial charge in [0.1, 0.15) is 0 Å². The summed E-state index contributed by atoms with van der Waals surface area (Å²) in [6.45, 7) is 2.27. The van der Waals surface area contributed by atoms with Crippen LogP contribution in [0.2, 0.25) is 0 Å². The van der Waals surface area contributed by atoms with Crippen LogP contribution >= 0.6 is 0 Å². The maximum atomic E-state index is 10.5. The fraction of sp³-hybridized carbons (Fsp3) is 1.00. The Kier molecular flexibility index (Phi) is 3.91. The van der Waals surface area contributed by atoms with E-state index in [4.69, 9.17) is 0 Å². The molecule has 0 aromatic heterocycles. The van der Waals surface area contributed by atoms with Crippen LogP contribution in [0, 0.1) is 11.8 Å². The smallest absolute Gasteiger partial charge is 0.0651 e. The topological polar surface area (TPSA) is 40.5 Å². The van der Waals surface area contributed by atoms with Crippen molar-refractivity contribution >= 4 is 0 Å². The molecule has 2 aliphatic rings. The van der Waals surface area contributed by atoms with Crippen LogP contribution in [0.15, 0.2) is 0 Å². The van der Waals surface area contributed by atoms with E-state index in [1.165, 1.54) is 6.42 Å². The zero-order valence-electron chi connectivity index (χ0n) is 10.5. The zero-order valence-corrected chi connectivity index (χ0v) is 10.5. The number of hydrogen-bond donors (Lipinski definition) is 2. The molecule has 0 spiro atoms. The summed E-state index contributed by atoms with van der Waals surface area (Å²) in [5.41, 5.74) is -0.457. The molecule has 2 heteroatoms. The van der Waals surface area contributed by atoms with E-state index in [-0.39, 0.29) is 6.10 Å². The van der Waals surface area contributed by atoms with Crippen LogP contribution in [-0.2, 0) is 0 Å².